The van der Waals surface area contributed by atoms with Crippen molar-refractivity contribution in [2.45, 2.75) is 46.6 Å². The van der Waals surface area contributed by atoms with E-state index in [-0.39, 0.29) is 25.5 Å². The highest BCUT2D eigenvalue weighted by Crippen LogP contribution is 2.56. The molecule has 7 nitrogen and oxygen atoms in total. The van der Waals surface area contributed by atoms with Crippen molar-refractivity contribution in [2.75, 3.05) is 26.4 Å². The van der Waals surface area contributed by atoms with Crippen LogP contribution in [0.5, 0.6) is 0 Å². The lowest BCUT2D eigenvalue weighted by atomic mass is 9.87. The number of hydrogen-bond donors (Lipinski definition) is 1. The van der Waals surface area contributed by atoms with E-state index in [1.165, 1.54) is 7.11 Å². The van der Waals surface area contributed by atoms with Crippen molar-refractivity contribution in [1.82, 2.24) is 5.32 Å². The Bertz CT molecular complexity index is 471. The Morgan fingerprint density at radius 3 is 2.61 bits per heavy atom. The molecule has 0 saturated carbocycles. The smallest absolute Gasteiger partial charge is 0.331 e. The van der Waals surface area contributed by atoms with E-state index < -0.39 is 25.1 Å². The molecule has 1 rings (SSSR count). The van der Waals surface area contributed by atoms with Crippen molar-refractivity contribution in [3.8, 4) is 0 Å². The Labute approximate surface area is 138 Å². The highest BCUT2D eigenvalue weighted by Gasteiger charge is 2.47. The van der Waals surface area contributed by atoms with Crippen LogP contribution in [0, 0.1) is 11.3 Å². The third-order valence-electron chi connectivity index (χ3n) is 3.68. The lowest BCUT2D eigenvalue weighted by molar-refractivity contribution is -0.141. The van der Waals surface area contributed by atoms with Crippen LogP contribution in [-0.4, -0.2) is 44.4 Å². The molecule has 0 aromatic rings. The van der Waals surface area contributed by atoms with Crippen molar-refractivity contribution >= 4 is 19.5 Å². The summed E-state index contributed by atoms with van der Waals surface area (Å²) in [7, 11) is -1.98. The molecule has 8 heteroatoms. The van der Waals surface area contributed by atoms with E-state index in [1.807, 2.05) is 27.7 Å². The zero-order chi connectivity index (χ0) is 17.7. The molecule has 0 aromatic heterocycles. The van der Waals surface area contributed by atoms with Gasteiger partial charge < -0.3 is 14.6 Å². The molecule has 1 saturated heterocycles. The molecule has 1 aliphatic heterocycles. The summed E-state index contributed by atoms with van der Waals surface area (Å²) < 4.78 is 28.2. The highest BCUT2D eigenvalue weighted by molar-refractivity contribution is 7.53. The standard InChI is InChI=1S/C15H28NO6P/c1-11(2)7-9-23(19)21-10-15(3,4)13(22-23)14(18)16-8-6-12(17)20-5/h11,13H,6-10H2,1-5H3,(H,16,18)/t13-,23?/m0/s1. The highest BCUT2D eigenvalue weighted by atomic mass is 31.2. The monoisotopic (exact) mass is 349 g/mol. The Kier molecular flexibility index (Phi) is 7.24. The fourth-order valence-corrected chi connectivity index (χ4v) is 4.45. The van der Waals surface area contributed by atoms with Crippen LogP contribution in [0.3, 0.4) is 0 Å². The Morgan fingerprint density at radius 1 is 1.39 bits per heavy atom. The van der Waals surface area contributed by atoms with Gasteiger partial charge in [-0.05, 0) is 12.3 Å². The van der Waals surface area contributed by atoms with Gasteiger partial charge in [-0.15, -0.1) is 0 Å². The van der Waals surface area contributed by atoms with Crippen molar-refractivity contribution in [2.24, 2.45) is 11.3 Å². The quantitative estimate of drug-likeness (QED) is 0.560. The van der Waals surface area contributed by atoms with E-state index in [2.05, 4.69) is 10.1 Å². The zero-order valence-corrected chi connectivity index (χ0v) is 15.5. The van der Waals surface area contributed by atoms with Crippen molar-refractivity contribution < 1.29 is 27.9 Å². The van der Waals surface area contributed by atoms with Crippen molar-refractivity contribution in [3.05, 3.63) is 0 Å². The van der Waals surface area contributed by atoms with Crippen LogP contribution in [0.2, 0.25) is 0 Å². The topological polar surface area (TPSA) is 90.9 Å². The largest absolute Gasteiger partial charge is 0.469 e. The fraction of sp³-hybridized carbons (Fsp3) is 0.867. The number of hydrogen-bond acceptors (Lipinski definition) is 6. The third kappa shape index (κ3) is 6.24. The number of methoxy groups -OCH3 is 1. The first kappa shape index (κ1) is 20.1. The van der Waals surface area contributed by atoms with Gasteiger partial charge in [-0.2, -0.15) is 0 Å². The van der Waals surface area contributed by atoms with E-state index in [9.17, 15) is 14.2 Å². The second-order valence-corrected chi connectivity index (χ2v) is 9.02. The Hall–Kier alpha value is -0.910. The van der Waals surface area contributed by atoms with Gasteiger partial charge in [0.1, 0.15) is 0 Å². The summed E-state index contributed by atoms with van der Waals surface area (Å²) in [5, 5.41) is 2.63. The first-order valence-electron chi connectivity index (χ1n) is 7.86. The molecule has 1 heterocycles. The average Bonchev–Trinajstić information content (AvgIpc) is 2.48. The molecule has 0 aliphatic carbocycles. The molecule has 1 fully saturated rings. The van der Waals surface area contributed by atoms with Gasteiger partial charge in [0, 0.05) is 12.0 Å². The van der Waals surface area contributed by atoms with E-state index in [1.54, 1.807) is 0 Å². The minimum absolute atomic E-state index is 0.0803. The molecular formula is C15H28NO6P. The van der Waals surface area contributed by atoms with Gasteiger partial charge in [0.2, 0.25) is 5.91 Å². The molecule has 0 radical (unpaired) electrons. The first-order chi connectivity index (χ1) is 10.6. The number of ether oxygens (including phenoxy) is 1. The summed E-state index contributed by atoms with van der Waals surface area (Å²) >= 11 is 0. The summed E-state index contributed by atoms with van der Waals surface area (Å²) in [5.41, 5.74) is -0.596. The number of amides is 1. The molecule has 1 unspecified atom stereocenters. The lowest BCUT2D eigenvalue weighted by Gasteiger charge is -2.40. The first-order valence-corrected chi connectivity index (χ1v) is 9.59. The lowest BCUT2D eigenvalue weighted by Crippen LogP contribution is -2.50. The minimum Gasteiger partial charge on any atom is -0.469 e. The second-order valence-electron chi connectivity index (χ2n) is 6.88. The summed E-state index contributed by atoms with van der Waals surface area (Å²) in [4.78, 5) is 23.4. The van der Waals surface area contributed by atoms with E-state index in [4.69, 9.17) is 9.05 Å². The van der Waals surface area contributed by atoms with Gasteiger partial charge in [0.15, 0.2) is 6.10 Å². The van der Waals surface area contributed by atoms with Crippen molar-refractivity contribution in [1.29, 1.82) is 0 Å². The van der Waals surface area contributed by atoms with E-state index in [0.717, 1.165) is 0 Å². The predicted molar refractivity (Wildman–Crippen MR) is 86.2 cm³/mol. The maximum absolute atomic E-state index is 12.7. The average molecular weight is 349 g/mol. The molecule has 0 aromatic carbocycles. The number of carbonyl (C=O) groups is 2. The Balaban J connectivity index is 2.66. The molecule has 23 heavy (non-hydrogen) atoms. The molecule has 2 atom stereocenters. The third-order valence-corrected chi connectivity index (χ3v) is 5.54. The molecule has 1 amide bonds. The molecular weight excluding hydrogens is 321 g/mol. The summed E-state index contributed by atoms with van der Waals surface area (Å²) in [5.74, 6) is -0.415. The summed E-state index contributed by atoms with van der Waals surface area (Å²) in [6.07, 6.45) is 0.213. The van der Waals surface area contributed by atoms with Gasteiger partial charge in [0.25, 0.3) is 0 Å². The van der Waals surface area contributed by atoms with Crippen LogP contribution in [0.25, 0.3) is 0 Å². The van der Waals surface area contributed by atoms with Crippen LogP contribution < -0.4 is 5.32 Å². The van der Waals surface area contributed by atoms with Crippen LogP contribution in [-0.2, 0) is 27.9 Å². The second kappa shape index (κ2) is 8.27. The number of nitrogens with one attached hydrogen (secondary N) is 1. The van der Waals surface area contributed by atoms with Gasteiger partial charge in [0.05, 0.1) is 26.3 Å². The van der Waals surface area contributed by atoms with Gasteiger partial charge in [-0.1, -0.05) is 27.7 Å². The molecule has 0 spiro atoms. The normalized spacial score (nSPS) is 26.8. The molecule has 1 aliphatic rings. The van der Waals surface area contributed by atoms with Crippen LogP contribution in [0.1, 0.15) is 40.5 Å². The number of rotatable bonds is 7. The number of esters is 1. The molecule has 0 bridgehead atoms. The number of carbonyl (C=O) groups excluding carboxylic acids is 2. The fourth-order valence-electron chi connectivity index (χ4n) is 2.09. The van der Waals surface area contributed by atoms with Crippen molar-refractivity contribution in [3.63, 3.8) is 0 Å². The van der Waals surface area contributed by atoms with Gasteiger partial charge >= 0.3 is 13.6 Å². The molecule has 134 valence electrons. The summed E-state index contributed by atoms with van der Waals surface area (Å²) in [6, 6.07) is 0. The zero-order valence-electron chi connectivity index (χ0n) is 14.6. The van der Waals surface area contributed by atoms with Gasteiger partial charge in [-0.3, -0.25) is 18.7 Å². The van der Waals surface area contributed by atoms with Crippen LogP contribution in [0.15, 0.2) is 0 Å². The van der Waals surface area contributed by atoms with Crippen LogP contribution in [0.4, 0.5) is 0 Å². The predicted octanol–water partition coefficient (Wildman–Crippen LogP) is 2.35. The van der Waals surface area contributed by atoms with Gasteiger partial charge in [-0.25, -0.2) is 0 Å². The van der Waals surface area contributed by atoms with E-state index in [0.29, 0.717) is 18.5 Å². The van der Waals surface area contributed by atoms with E-state index >= 15 is 0 Å². The Morgan fingerprint density at radius 2 is 2.04 bits per heavy atom. The maximum Gasteiger partial charge on any atom is 0.331 e. The molecule has 1 N–H and O–H groups in total. The summed E-state index contributed by atoms with van der Waals surface area (Å²) in [6.45, 7) is 8.04. The maximum atomic E-state index is 12.7. The minimum atomic E-state index is -3.27. The SMILES string of the molecule is COC(=O)CCNC(=O)[C@@H]1OP(=O)(CCC(C)C)OCC1(C)C. The van der Waals surface area contributed by atoms with Crippen LogP contribution >= 0.6 is 7.60 Å².